The van der Waals surface area contributed by atoms with Crippen LogP contribution in [0.4, 0.5) is 5.69 Å². The van der Waals surface area contributed by atoms with E-state index in [-0.39, 0.29) is 12.4 Å². The minimum absolute atomic E-state index is 0.0487. The highest BCUT2D eigenvalue weighted by Gasteiger charge is 2.06. The van der Waals surface area contributed by atoms with Crippen LogP contribution in [-0.2, 0) is 14.3 Å². The molecule has 0 radical (unpaired) electrons. The fourth-order valence-electron chi connectivity index (χ4n) is 2.33. The normalized spacial score (nSPS) is 10.8. The third-order valence-corrected chi connectivity index (χ3v) is 3.94. The predicted octanol–water partition coefficient (Wildman–Crippen LogP) is 4.21. The molecular weight excluding hydrogens is 342 g/mol. The van der Waals surface area contributed by atoms with E-state index in [0.29, 0.717) is 17.2 Å². The Hall–Kier alpha value is -3.21. The number of esters is 1. The Morgan fingerprint density at radius 2 is 1.63 bits per heavy atom. The second-order valence-electron chi connectivity index (χ2n) is 6.44. The van der Waals surface area contributed by atoms with Gasteiger partial charge in [0.05, 0.1) is 0 Å². The molecule has 0 spiro atoms. The van der Waals surface area contributed by atoms with Gasteiger partial charge >= 0.3 is 5.97 Å². The SMILES string of the molecule is CC(=O)c1ccc(NC(=O)COC(=O)C=Cc2ccc(C(C)C)cc2)cc1. The zero-order chi connectivity index (χ0) is 19.8. The Morgan fingerprint density at radius 1 is 1.00 bits per heavy atom. The van der Waals surface area contributed by atoms with Crippen LogP contribution < -0.4 is 5.32 Å². The van der Waals surface area contributed by atoms with Crippen molar-refractivity contribution in [2.75, 3.05) is 11.9 Å². The standard InChI is InChI=1S/C22H23NO4/c1-15(2)18-7-4-17(5-8-18)6-13-22(26)27-14-21(25)23-20-11-9-19(10-12-20)16(3)24/h4-13,15H,14H2,1-3H3,(H,23,25). The monoisotopic (exact) mass is 365 g/mol. The summed E-state index contributed by atoms with van der Waals surface area (Å²) < 4.78 is 4.93. The van der Waals surface area contributed by atoms with Crippen molar-refractivity contribution in [3.05, 3.63) is 71.3 Å². The molecule has 2 aromatic carbocycles. The minimum Gasteiger partial charge on any atom is -0.452 e. The van der Waals surface area contributed by atoms with Gasteiger partial charge in [-0.25, -0.2) is 4.79 Å². The molecule has 0 heterocycles. The van der Waals surface area contributed by atoms with Gasteiger partial charge in [0.15, 0.2) is 12.4 Å². The number of amides is 1. The van der Waals surface area contributed by atoms with Crippen molar-refractivity contribution in [3.63, 3.8) is 0 Å². The summed E-state index contributed by atoms with van der Waals surface area (Å²) in [5.74, 6) is -0.642. The lowest BCUT2D eigenvalue weighted by Gasteiger charge is -2.06. The number of hydrogen-bond donors (Lipinski definition) is 1. The van der Waals surface area contributed by atoms with Crippen molar-refractivity contribution < 1.29 is 19.1 Å². The van der Waals surface area contributed by atoms with Crippen molar-refractivity contribution in [2.24, 2.45) is 0 Å². The van der Waals surface area contributed by atoms with Gasteiger partial charge in [-0.05, 0) is 54.3 Å². The number of benzene rings is 2. The highest BCUT2D eigenvalue weighted by molar-refractivity contribution is 5.96. The molecule has 0 fully saturated rings. The average Bonchev–Trinajstić information content (AvgIpc) is 2.65. The molecule has 1 amide bonds. The Bertz CT molecular complexity index is 834. The summed E-state index contributed by atoms with van der Waals surface area (Å²) >= 11 is 0. The summed E-state index contributed by atoms with van der Waals surface area (Å²) in [6.07, 6.45) is 2.93. The summed E-state index contributed by atoms with van der Waals surface area (Å²) in [5.41, 5.74) is 3.20. The van der Waals surface area contributed by atoms with Crippen LogP contribution in [0.1, 0.15) is 48.2 Å². The first-order valence-corrected chi connectivity index (χ1v) is 8.71. The molecule has 0 aliphatic heterocycles. The van der Waals surface area contributed by atoms with Crippen LogP contribution in [0, 0.1) is 0 Å². The van der Waals surface area contributed by atoms with E-state index in [4.69, 9.17) is 4.74 Å². The highest BCUT2D eigenvalue weighted by Crippen LogP contribution is 2.15. The van der Waals surface area contributed by atoms with Crippen LogP contribution in [-0.4, -0.2) is 24.3 Å². The molecule has 0 aliphatic carbocycles. The molecule has 2 rings (SSSR count). The van der Waals surface area contributed by atoms with Crippen molar-refractivity contribution in [3.8, 4) is 0 Å². The maximum absolute atomic E-state index is 11.8. The van der Waals surface area contributed by atoms with Crippen molar-refractivity contribution in [1.29, 1.82) is 0 Å². The fourth-order valence-corrected chi connectivity index (χ4v) is 2.33. The molecule has 0 aromatic heterocycles. The van der Waals surface area contributed by atoms with E-state index in [1.165, 1.54) is 18.6 Å². The predicted molar refractivity (Wildman–Crippen MR) is 106 cm³/mol. The van der Waals surface area contributed by atoms with E-state index in [9.17, 15) is 14.4 Å². The lowest BCUT2D eigenvalue weighted by atomic mass is 10.0. The molecular formula is C22H23NO4. The molecule has 0 atom stereocenters. The molecule has 0 aliphatic rings. The van der Waals surface area contributed by atoms with Crippen molar-refractivity contribution in [2.45, 2.75) is 26.7 Å². The smallest absolute Gasteiger partial charge is 0.331 e. The van der Waals surface area contributed by atoms with E-state index < -0.39 is 11.9 Å². The number of carbonyl (C=O) groups excluding carboxylic acids is 3. The van der Waals surface area contributed by atoms with Gasteiger partial charge in [-0.15, -0.1) is 0 Å². The van der Waals surface area contributed by atoms with Gasteiger partial charge in [0.1, 0.15) is 0 Å². The molecule has 5 nitrogen and oxygen atoms in total. The number of nitrogens with one attached hydrogen (secondary N) is 1. The van der Waals surface area contributed by atoms with Crippen LogP contribution in [0.25, 0.3) is 6.08 Å². The second kappa shape index (κ2) is 9.48. The van der Waals surface area contributed by atoms with Crippen molar-refractivity contribution in [1.82, 2.24) is 0 Å². The zero-order valence-corrected chi connectivity index (χ0v) is 15.7. The Kier molecular flexibility index (Phi) is 7.06. The van der Waals surface area contributed by atoms with Crippen molar-refractivity contribution >= 4 is 29.4 Å². The van der Waals surface area contributed by atoms with Gasteiger partial charge in [0, 0.05) is 17.3 Å². The Morgan fingerprint density at radius 3 is 2.19 bits per heavy atom. The molecule has 2 aromatic rings. The molecule has 0 unspecified atom stereocenters. The van der Waals surface area contributed by atoms with Crippen LogP contribution in [0.5, 0.6) is 0 Å². The Labute approximate surface area is 159 Å². The van der Waals surface area contributed by atoms with E-state index in [0.717, 1.165) is 5.56 Å². The molecule has 0 saturated carbocycles. The molecule has 0 saturated heterocycles. The van der Waals surface area contributed by atoms with Gasteiger partial charge in [0.2, 0.25) is 0 Å². The summed E-state index contributed by atoms with van der Waals surface area (Å²) in [6, 6.07) is 14.4. The number of ether oxygens (including phenoxy) is 1. The first-order valence-electron chi connectivity index (χ1n) is 8.71. The Balaban J connectivity index is 1.80. The molecule has 140 valence electrons. The number of ketones is 1. The molecule has 5 heteroatoms. The lowest BCUT2D eigenvalue weighted by Crippen LogP contribution is -2.20. The number of Topliss-reactive ketones (excluding diaryl/α,β-unsaturated/α-hetero) is 1. The highest BCUT2D eigenvalue weighted by atomic mass is 16.5. The third kappa shape index (κ3) is 6.55. The average molecular weight is 365 g/mol. The first-order chi connectivity index (χ1) is 12.8. The van der Waals surface area contributed by atoms with Gasteiger partial charge in [-0.1, -0.05) is 38.1 Å². The van der Waals surface area contributed by atoms with Gasteiger partial charge in [0.25, 0.3) is 5.91 Å². The second-order valence-corrected chi connectivity index (χ2v) is 6.44. The van der Waals surface area contributed by atoms with Gasteiger partial charge in [-0.2, -0.15) is 0 Å². The third-order valence-electron chi connectivity index (χ3n) is 3.94. The topological polar surface area (TPSA) is 72.5 Å². The maximum atomic E-state index is 11.8. The van der Waals surface area contributed by atoms with Crippen LogP contribution in [0.2, 0.25) is 0 Å². The molecule has 1 N–H and O–H groups in total. The van der Waals surface area contributed by atoms with Gasteiger partial charge in [-0.3, -0.25) is 9.59 Å². The van der Waals surface area contributed by atoms with E-state index in [1.54, 1.807) is 30.3 Å². The van der Waals surface area contributed by atoms with Crippen LogP contribution >= 0.6 is 0 Å². The summed E-state index contributed by atoms with van der Waals surface area (Å²) in [6.45, 7) is 5.32. The number of carbonyl (C=O) groups is 3. The lowest BCUT2D eigenvalue weighted by molar-refractivity contribution is -0.142. The zero-order valence-electron chi connectivity index (χ0n) is 15.7. The first kappa shape index (κ1) is 20.1. The summed E-state index contributed by atoms with van der Waals surface area (Å²) in [5, 5.41) is 2.60. The molecule has 27 heavy (non-hydrogen) atoms. The number of rotatable bonds is 7. The number of hydrogen-bond acceptors (Lipinski definition) is 4. The fraction of sp³-hybridized carbons (Fsp3) is 0.227. The summed E-state index contributed by atoms with van der Waals surface area (Å²) in [4.78, 5) is 34.8. The largest absolute Gasteiger partial charge is 0.452 e. The van der Waals surface area contributed by atoms with Crippen LogP contribution in [0.3, 0.4) is 0 Å². The van der Waals surface area contributed by atoms with E-state index in [1.807, 2.05) is 24.3 Å². The van der Waals surface area contributed by atoms with Crippen LogP contribution in [0.15, 0.2) is 54.6 Å². The summed E-state index contributed by atoms with van der Waals surface area (Å²) in [7, 11) is 0. The van der Waals surface area contributed by atoms with Gasteiger partial charge < -0.3 is 10.1 Å². The quantitative estimate of drug-likeness (QED) is 0.453. The van der Waals surface area contributed by atoms with E-state index >= 15 is 0 Å². The van der Waals surface area contributed by atoms with E-state index in [2.05, 4.69) is 19.2 Å². The number of anilines is 1. The maximum Gasteiger partial charge on any atom is 0.331 e. The molecule has 0 bridgehead atoms. The minimum atomic E-state index is -0.593.